The van der Waals surface area contributed by atoms with Crippen molar-refractivity contribution in [2.45, 2.75) is 20.3 Å². The van der Waals surface area contributed by atoms with Crippen LogP contribution in [0, 0.1) is 5.92 Å². The van der Waals surface area contributed by atoms with E-state index < -0.39 is 0 Å². The predicted molar refractivity (Wildman–Crippen MR) is 86.8 cm³/mol. The molecule has 0 saturated carbocycles. The van der Waals surface area contributed by atoms with Gasteiger partial charge in [0.25, 0.3) is 0 Å². The molecule has 1 aromatic rings. The van der Waals surface area contributed by atoms with Crippen LogP contribution in [0.2, 0.25) is 0 Å². The molecular formula is C18H23N. The maximum absolute atomic E-state index is 5.68. The van der Waals surface area contributed by atoms with Gasteiger partial charge in [-0.05, 0) is 49.1 Å². The first-order valence-corrected chi connectivity index (χ1v) is 6.44. The molecule has 0 aliphatic carbocycles. The summed E-state index contributed by atoms with van der Waals surface area (Å²) in [6.45, 7) is 16.1. The number of hydrogen-bond donors (Lipinski definition) is 1. The molecule has 0 aliphatic heterocycles. The Hall–Kier alpha value is -2.02. The van der Waals surface area contributed by atoms with Gasteiger partial charge in [0.2, 0.25) is 0 Å². The first-order valence-electron chi connectivity index (χ1n) is 6.44. The summed E-state index contributed by atoms with van der Waals surface area (Å²) in [6.07, 6.45) is 4.96. The number of nitrogens with two attached hydrogens (primary N) is 1. The van der Waals surface area contributed by atoms with E-state index in [1.165, 1.54) is 0 Å². The lowest BCUT2D eigenvalue weighted by Crippen LogP contribution is -2.01. The molecule has 1 heteroatoms. The van der Waals surface area contributed by atoms with E-state index in [9.17, 15) is 0 Å². The third kappa shape index (κ3) is 4.63. The summed E-state index contributed by atoms with van der Waals surface area (Å²) in [4.78, 5) is 0. The zero-order valence-electron chi connectivity index (χ0n) is 11.9. The van der Waals surface area contributed by atoms with E-state index in [0.717, 1.165) is 34.4 Å². The van der Waals surface area contributed by atoms with Crippen molar-refractivity contribution in [2.75, 3.05) is 5.73 Å². The van der Waals surface area contributed by atoms with Gasteiger partial charge in [-0.25, -0.2) is 0 Å². The Labute approximate surface area is 116 Å². The molecule has 0 saturated heterocycles. The fraction of sp³-hybridized carbons (Fsp3) is 0.222. The number of rotatable bonds is 6. The van der Waals surface area contributed by atoms with Crippen molar-refractivity contribution in [1.82, 2.24) is 0 Å². The highest BCUT2D eigenvalue weighted by Crippen LogP contribution is 2.26. The Bertz CT molecular complexity index is 503. The van der Waals surface area contributed by atoms with Crippen molar-refractivity contribution in [2.24, 2.45) is 5.92 Å². The molecule has 0 aliphatic rings. The predicted octanol–water partition coefficient (Wildman–Crippen LogP) is 5.00. The van der Waals surface area contributed by atoms with E-state index in [2.05, 4.69) is 32.7 Å². The second-order valence-corrected chi connectivity index (χ2v) is 5.02. The minimum absolute atomic E-state index is 0.252. The first-order chi connectivity index (χ1) is 8.93. The number of hydrogen-bond acceptors (Lipinski definition) is 1. The van der Waals surface area contributed by atoms with Crippen molar-refractivity contribution in [1.29, 1.82) is 0 Å². The molecule has 0 fully saturated rings. The van der Waals surface area contributed by atoms with Crippen molar-refractivity contribution < 1.29 is 0 Å². The summed E-state index contributed by atoms with van der Waals surface area (Å²) in [5.41, 5.74) is 11.0. The van der Waals surface area contributed by atoms with Crippen LogP contribution < -0.4 is 5.73 Å². The van der Waals surface area contributed by atoms with Crippen LogP contribution in [0.15, 0.2) is 66.8 Å². The van der Waals surface area contributed by atoms with E-state index in [0.29, 0.717) is 0 Å². The average molecular weight is 253 g/mol. The Morgan fingerprint density at radius 1 is 1.21 bits per heavy atom. The van der Waals surface area contributed by atoms with Crippen molar-refractivity contribution in [3.8, 4) is 0 Å². The molecule has 1 aromatic carbocycles. The number of allylic oxidation sites excluding steroid dienone is 4. The van der Waals surface area contributed by atoms with Gasteiger partial charge in [0, 0.05) is 11.6 Å². The van der Waals surface area contributed by atoms with Crippen LogP contribution in [0.3, 0.4) is 0 Å². The van der Waals surface area contributed by atoms with E-state index in [1.54, 1.807) is 0 Å². The lowest BCUT2D eigenvalue weighted by Gasteiger charge is -2.16. The highest BCUT2D eigenvalue weighted by atomic mass is 14.5. The number of benzene rings is 1. The van der Waals surface area contributed by atoms with Gasteiger partial charge in [-0.1, -0.05) is 36.4 Å². The number of nitrogen functional groups attached to an aromatic ring is 1. The highest BCUT2D eigenvalue weighted by molar-refractivity contribution is 5.60. The van der Waals surface area contributed by atoms with E-state index in [4.69, 9.17) is 5.73 Å². The molecule has 1 rings (SSSR count). The third-order valence-corrected chi connectivity index (χ3v) is 3.13. The second kappa shape index (κ2) is 6.79. The molecule has 0 amide bonds. The minimum Gasteiger partial charge on any atom is -0.399 e. The molecular weight excluding hydrogens is 230 g/mol. The third-order valence-electron chi connectivity index (χ3n) is 3.13. The molecule has 0 aromatic heterocycles. The molecule has 19 heavy (non-hydrogen) atoms. The molecule has 0 radical (unpaired) electrons. The maximum atomic E-state index is 5.68. The monoisotopic (exact) mass is 253 g/mol. The lowest BCUT2D eigenvalue weighted by atomic mass is 9.89. The molecule has 1 atom stereocenters. The van der Waals surface area contributed by atoms with Crippen LogP contribution in [0.1, 0.15) is 25.8 Å². The molecule has 0 heterocycles. The topological polar surface area (TPSA) is 26.0 Å². The zero-order valence-corrected chi connectivity index (χ0v) is 11.9. The lowest BCUT2D eigenvalue weighted by molar-refractivity contribution is 0.760. The smallest absolute Gasteiger partial charge is 0.0314 e. The second-order valence-electron chi connectivity index (χ2n) is 5.02. The Kier molecular flexibility index (Phi) is 5.37. The van der Waals surface area contributed by atoms with E-state index in [-0.39, 0.29) is 5.92 Å². The maximum Gasteiger partial charge on any atom is 0.0314 e. The van der Waals surface area contributed by atoms with Gasteiger partial charge in [0.15, 0.2) is 0 Å². The normalized spacial score (nSPS) is 12.8. The van der Waals surface area contributed by atoms with E-state index >= 15 is 0 Å². The van der Waals surface area contributed by atoms with Gasteiger partial charge >= 0.3 is 0 Å². The van der Waals surface area contributed by atoms with Gasteiger partial charge in [-0.2, -0.15) is 0 Å². The van der Waals surface area contributed by atoms with Gasteiger partial charge in [0.1, 0.15) is 0 Å². The summed E-state index contributed by atoms with van der Waals surface area (Å²) < 4.78 is 0. The van der Waals surface area contributed by atoms with Gasteiger partial charge < -0.3 is 5.73 Å². The highest BCUT2D eigenvalue weighted by Gasteiger charge is 2.10. The van der Waals surface area contributed by atoms with Crippen LogP contribution in [0.25, 0.3) is 6.08 Å². The molecule has 100 valence electrons. The molecule has 2 N–H and O–H groups in total. The summed E-state index contributed by atoms with van der Waals surface area (Å²) in [6, 6.07) is 7.82. The molecule has 0 bridgehead atoms. The summed E-state index contributed by atoms with van der Waals surface area (Å²) in [5.74, 6) is 0.252. The fourth-order valence-corrected chi connectivity index (χ4v) is 1.95. The first kappa shape index (κ1) is 15.0. The molecule has 1 nitrogen and oxygen atoms in total. The van der Waals surface area contributed by atoms with Crippen molar-refractivity contribution >= 4 is 11.8 Å². The van der Waals surface area contributed by atoms with Crippen molar-refractivity contribution in [3.63, 3.8) is 0 Å². The van der Waals surface area contributed by atoms with Crippen LogP contribution in [-0.4, -0.2) is 0 Å². The Morgan fingerprint density at radius 3 is 2.26 bits per heavy atom. The summed E-state index contributed by atoms with van der Waals surface area (Å²) in [5, 5.41) is 0. The molecule has 1 unspecified atom stereocenters. The Morgan fingerprint density at radius 2 is 1.79 bits per heavy atom. The zero-order chi connectivity index (χ0) is 14.4. The SMILES string of the molecule is C=CC(CC(=C)C)C(=C)/C(C)=C/c1ccc(N)cc1. The van der Waals surface area contributed by atoms with Crippen LogP contribution in [-0.2, 0) is 0 Å². The quantitative estimate of drug-likeness (QED) is 0.431. The summed E-state index contributed by atoms with van der Waals surface area (Å²) in [7, 11) is 0. The minimum atomic E-state index is 0.252. The van der Waals surface area contributed by atoms with Gasteiger partial charge in [0.05, 0.1) is 0 Å². The average Bonchev–Trinajstić information content (AvgIpc) is 2.37. The Balaban J connectivity index is 2.88. The van der Waals surface area contributed by atoms with Crippen molar-refractivity contribution in [3.05, 3.63) is 72.4 Å². The molecule has 0 spiro atoms. The van der Waals surface area contributed by atoms with Crippen LogP contribution in [0.5, 0.6) is 0 Å². The largest absolute Gasteiger partial charge is 0.399 e. The summed E-state index contributed by atoms with van der Waals surface area (Å²) >= 11 is 0. The van der Waals surface area contributed by atoms with Gasteiger partial charge in [-0.3, -0.25) is 0 Å². The number of anilines is 1. The van der Waals surface area contributed by atoms with Crippen LogP contribution in [0.4, 0.5) is 5.69 Å². The fourth-order valence-electron chi connectivity index (χ4n) is 1.95. The van der Waals surface area contributed by atoms with E-state index in [1.807, 2.05) is 37.3 Å². The van der Waals surface area contributed by atoms with Crippen LogP contribution >= 0.6 is 0 Å². The standard InChI is InChI=1S/C18H23N/c1-6-17(11-13(2)3)15(5)14(4)12-16-7-9-18(19)10-8-16/h6-10,12,17H,1-2,5,11,19H2,3-4H3/b14-12+. The van der Waals surface area contributed by atoms with Gasteiger partial charge in [-0.15, -0.1) is 13.2 Å².